The Balaban J connectivity index is 1.65. The van der Waals surface area contributed by atoms with Crippen LogP contribution in [0.2, 0.25) is 5.02 Å². The van der Waals surface area contributed by atoms with E-state index in [-0.39, 0.29) is 18.2 Å². The summed E-state index contributed by atoms with van der Waals surface area (Å²) in [5.74, 6) is -0.524. The van der Waals surface area contributed by atoms with Crippen LogP contribution in [0.5, 0.6) is 5.88 Å². The van der Waals surface area contributed by atoms with E-state index in [4.69, 9.17) is 11.6 Å². The van der Waals surface area contributed by atoms with Gasteiger partial charge in [0.1, 0.15) is 0 Å². The minimum atomic E-state index is -0.406. The Kier molecular flexibility index (Phi) is 5.05. The van der Waals surface area contributed by atoms with E-state index in [1.165, 1.54) is 0 Å². The predicted octanol–water partition coefficient (Wildman–Crippen LogP) is 5.17. The van der Waals surface area contributed by atoms with E-state index in [2.05, 4.69) is 20.9 Å². The fourth-order valence-electron chi connectivity index (χ4n) is 2.84. The van der Waals surface area contributed by atoms with E-state index < -0.39 is 4.87 Å². The molecule has 1 aromatic heterocycles. The SMILES string of the molecule is O=C(Cn1c(O)c(C=C2C=Nc3ccc(Br)cc32)sc1=O)c1ccc(Cl)cc1. The molecule has 0 bridgehead atoms. The van der Waals surface area contributed by atoms with Gasteiger partial charge in [0.05, 0.1) is 17.1 Å². The number of nitrogens with zero attached hydrogens (tertiary/aromatic N) is 2. The first kappa shape index (κ1) is 18.9. The van der Waals surface area contributed by atoms with Crippen molar-refractivity contribution < 1.29 is 9.90 Å². The fraction of sp³-hybridized carbons (Fsp3) is 0.0500. The maximum absolute atomic E-state index is 12.4. The van der Waals surface area contributed by atoms with Gasteiger partial charge in [0, 0.05) is 32.4 Å². The Morgan fingerprint density at radius 3 is 2.75 bits per heavy atom. The average Bonchev–Trinajstić information content (AvgIpc) is 3.18. The molecule has 0 amide bonds. The van der Waals surface area contributed by atoms with Gasteiger partial charge in [-0.1, -0.05) is 38.9 Å². The molecule has 2 heterocycles. The van der Waals surface area contributed by atoms with Crippen molar-refractivity contribution in [3.05, 3.63) is 77.6 Å². The smallest absolute Gasteiger partial charge is 0.311 e. The molecule has 0 saturated carbocycles. The number of Topliss-reactive ketones (excluding diaryl/α,β-unsaturated/α-hetero) is 1. The molecule has 8 heteroatoms. The molecule has 0 unspecified atom stereocenters. The molecule has 0 radical (unpaired) electrons. The number of aromatic hydroxyl groups is 1. The van der Waals surface area contributed by atoms with Crippen LogP contribution in [0.15, 0.2) is 56.7 Å². The highest BCUT2D eigenvalue weighted by atomic mass is 79.9. The second kappa shape index (κ2) is 7.50. The average molecular weight is 476 g/mol. The lowest BCUT2D eigenvalue weighted by Gasteiger charge is -2.04. The van der Waals surface area contributed by atoms with Crippen molar-refractivity contribution >= 4 is 68.2 Å². The summed E-state index contributed by atoms with van der Waals surface area (Å²) in [6.45, 7) is -0.248. The minimum Gasteiger partial charge on any atom is -0.493 e. The standard InChI is InChI=1S/C20H12BrClN2O3S/c21-13-3-6-16-15(8-13)12(9-23-16)7-18-19(26)24(20(27)28-18)10-17(25)11-1-4-14(22)5-2-11/h1-9,26H,10H2. The summed E-state index contributed by atoms with van der Waals surface area (Å²) in [5, 5.41) is 11.0. The molecule has 1 N–H and O–H groups in total. The van der Waals surface area contributed by atoms with Gasteiger partial charge in [-0.3, -0.25) is 19.1 Å². The van der Waals surface area contributed by atoms with E-state index in [9.17, 15) is 14.7 Å². The molecule has 140 valence electrons. The monoisotopic (exact) mass is 474 g/mol. The summed E-state index contributed by atoms with van der Waals surface area (Å²) in [6, 6.07) is 12.1. The van der Waals surface area contributed by atoms with Crippen molar-refractivity contribution in [2.24, 2.45) is 4.99 Å². The molecule has 1 aliphatic heterocycles. The zero-order chi connectivity index (χ0) is 19.8. The highest BCUT2D eigenvalue weighted by Crippen LogP contribution is 2.36. The topological polar surface area (TPSA) is 71.7 Å². The van der Waals surface area contributed by atoms with Crippen molar-refractivity contribution in [2.75, 3.05) is 0 Å². The number of benzene rings is 2. The second-order valence-corrected chi connectivity index (χ2v) is 8.44. The first-order chi connectivity index (χ1) is 13.4. The number of allylic oxidation sites excluding steroid dienone is 1. The molecule has 0 saturated heterocycles. The molecular formula is C20H12BrClN2O3S. The highest BCUT2D eigenvalue weighted by Gasteiger charge is 2.19. The van der Waals surface area contributed by atoms with Crippen LogP contribution in [-0.4, -0.2) is 21.7 Å². The lowest BCUT2D eigenvalue weighted by molar-refractivity contribution is 0.0968. The summed E-state index contributed by atoms with van der Waals surface area (Å²) >= 11 is 10.1. The lowest BCUT2D eigenvalue weighted by Crippen LogP contribution is -2.18. The van der Waals surface area contributed by atoms with Crippen LogP contribution in [0, 0.1) is 0 Å². The summed E-state index contributed by atoms with van der Waals surface area (Å²) in [6.07, 6.45) is 3.39. The number of rotatable bonds is 4. The number of aromatic nitrogens is 1. The largest absolute Gasteiger partial charge is 0.493 e. The number of ketones is 1. The zero-order valence-electron chi connectivity index (χ0n) is 14.2. The second-order valence-electron chi connectivity index (χ2n) is 6.09. The van der Waals surface area contributed by atoms with Crippen molar-refractivity contribution in [3.8, 4) is 5.88 Å². The van der Waals surface area contributed by atoms with Gasteiger partial charge < -0.3 is 5.11 Å². The van der Waals surface area contributed by atoms with Gasteiger partial charge in [-0.25, -0.2) is 0 Å². The first-order valence-corrected chi connectivity index (χ1v) is 10.2. The number of fused-ring (bicyclic) bond motifs is 1. The number of halogens is 2. The van der Waals surface area contributed by atoms with Crippen molar-refractivity contribution in [3.63, 3.8) is 0 Å². The van der Waals surface area contributed by atoms with E-state index in [1.54, 1.807) is 36.6 Å². The Labute approximate surface area is 177 Å². The quantitative estimate of drug-likeness (QED) is 0.529. The number of carbonyl (C=O) groups is 1. The van der Waals surface area contributed by atoms with Crippen LogP contribution in [0.25, 0.3) is 11.6 Å². The highest BCUT2D eigenvalue weighted by molar-refractivity contribution is 9.10. The Bertz CT molecular complexity index is 1210. The van der Waals surface area contributed by atoms with E-state index in [0.717, 1.165) is 37.2 Å². The van der Waals surface area contributed by atoms with E-state index in [0.29, 0.717) is 15.5 Å². The lowest BCUT2D eigenvalue weighted by atomic mass is 10.1. The Hall–Kier alpha value is -2.48. The Morgan fingerprint density at radius 2 is 2.00 bits per heavy atom. The normalized spacial score (nSPS) is 13.9. The van der Waals surface area contributed by atoms with E-state index in [1.807, 2.05) is 18.2 Å². The van der Waals surface area contributed by atoms with Crippen LogP contribution in [0.4, 0.5) is 5.69 Å². The molecule has 0 spiro atoms. The van der Waals surface area contributed by atoms with Crippen molar-refractivity contribution in [1.82, 2.24) is 4.57 Å². The number of hydrogen-bond donors (Lipinski definition) is 1. The number of hydrogen-bond acceptors (Lipinski definition) is 5. The molecule has 0 fully saturated rings. The van der Waals surface area contributed by atoms with Gasteiger partial charge in [0.2, 0.25) is 5.88 Å². The van der Waals surface area contributed by atoms with E-state index >= 15 is 0 Å². The summed E-state index contributed by atoms with van der Waals surface area (Å²) in [7, 11) is 0. The van der Waals surface area contributed by atoms with Crippen LogP contribution < -0.4 is 4.87 Å². The number of thiazole rings is 1. The molecule has 0 aliphatic carbocycles. The van der Waals surface area contributed by atoms with Crippen LogP contribution in [0.3, 0.4) is 0 Å². The van der Waals surface area contributed by atoms with Gasteiger partial charge in [0.25, 0.3) is 0 Å². The molecule has 3 aromatic rings. The molecule has 2 aromatic carbocycles. The van der Waals surface area contributed by atoms with Gasteiger partial charge in [-0.05, 0) is 48.5 Å². The van der Waals surface area contributed by atoms with Crippen LogP contribution in [-0.2, 0) is 6.54 Å². The molecule has 28 heavy (non-hydrogen) atoms. The third kappa shape index (κ3) is 3.61. The van der Waals surface area contributed by atoms with Crippen molar-refractivity contribution in [1.29, 1.82) is 0 Å². The maximum Gasteiger partial charge on any atom is 0.311 e. The van der Waals surface area contributed by atoms with Gasteiger partial charge in [0.15, 0.2) is 5.78 Å². The summed E-state index contributed by atoms with van der Waals surface area (Å²) in [5.41, 5.74) is 2.92. The fourth-order valence-corrected chi connectivity index (χ4v) is 4.16. The summed E-state index contributed by atoms with van der Waals surface area (Å²) < 4.78 is 1.98. The molecule has 5 nitrogen and oxygen atoms in total. The first-order valence-electron chi connectivity index (χ1n) is 8.19. The van der Waals surface area contributed by atoms with Crippen LogP contribution >= 0.6 is 38.9 Å². The molecular weight excluding hydrogens is 464 g/mol. The van der Waals surface area contributed by atoms with Gasteiger partial charge >= 0.3 is 4.87 Å². The third-order valence-electron chi connectivity index (χ3n) is 4.26. The Morgan fingerprint density at radius 1 is 1.25 bits per heavy atom. The zero-order valence-corrected chi connectivity index (χ0v) is 17.4. The van der Waals surface area contributed by atoms with Crippen molar-refractivity contribution in [2.45, 2.75) is 6.54 Å². The van der Waals surface area contributed by atoms with Gasteiger partial charge in [-0.2, -0.15) is 0 Å². The van der Waals surface area contributed by atoms with Crippen LogP contribution in [0.1, 0.15) is 20.8 Å². The number of aliphatic imine (C=N–C) groups is 1. The maximum atomic E-state index is 12.4. The minimum absolute atomic E-state index is 0.235. The van der Waals surface area contributed by atoms with Gasteiger partial charge in [-0.15, -0.1) is 0 Å². The molecule has 0 atom stereocenters. The number of carbonyl (C=O) groups excluding carboxylic acids is 1. The molecule has 1 aliphatic rings. The third-order valence-corrected chi connectivity index (χ3v) is 5.92. The predicted molar refractivity (Wildman–Crippen MR) is 116 cm³/mol. The molecule has 4 rings (SSSR count). The summed E-state index contributed by atoms with van der Waals surface area (Å²) in [4.78, 5) is 29.1.